The maximum absolute atomic E-state index is 13.0. The van der Waals surface area contributed by atoms with Crippen molar-refractivity contribution in [1.29, 1.82) is 0 Å². The summed E-state index contributed by atoms with van der Waals surface area (Å²) in [5.41, 5.74) is 7.17. The van der Waals surface area contributed by atoms with Gasteiger partial charge < -0.3 is 11.1 Å². The Morgan fingerprint density at radius 3 is 2.63 bits per heavy atom. The van der Waals surface area contributed by atoms with Crippen molar-refractivity contribution in [3.8, 4) is 0 Å². The zero-order chi connectivity index (χ0) is 14.0. The fourth-order valence-electron chi connectivity index (χ4n) is 1.53. The molecule has 19 heavy (non-hydrogen) atoms. The summed E-state index contributed by atoms with van der Waals surface area (Å²) in [6.45, 7) is 0. The quantitative estimate of drug-likeness (QED) is 0.553. The molecule has 0 heterocycles. The Morgan fingerprint density at radius 2 is 2.00 bits per heavy atom. The zero-order valence-electron chi connectivity index (χ0n) is 9.58. The minimum atomic E-state index is -0.339. The third kappa shape index (κ3) is 3.66. The van der Waals surface area contributed by atoms with Crippen molar-refractivity contribution in [1.82, 2.24) is 0 Å². The lowest BCUT2D eigenvalue weighted by atomic mass is 10.2. The Morgan fingerprint density at radius 1 is 1.26 bits per heavy atom. The summed E-state index contributed by atoms with van der Waals surface area (Å²) < 4.78 is 14.3. The monoisotopic (exact) mass is 434 g/mol. The van der Waals surface area contributed by atoms with E-state index in [1.165, 1.54) is 18.2 Å². The van der Waals surface area contributed by atoms with Gasteiger partial charge in [0.1, 0.15) is 5.82 Å². The van der Waals surface area contributed by atoms with E-state index in [2.05, 4.69) is 21.2 Å². The molecule has 0 radical (unpaired) electrons. The van der Waals surface area contributed by atoms with Gasteiger partial charge in [-0.15, -0.1) is 0 Å². The van der Waals surface area contributed by atoms with E-state index in [4.69, 9.17) is 5.73 Å². The standard InChI is InChI=1S/C13H9BrFIN2O/c14-8-3-7(4-10(17)5-8)13(19)18-12-2-1-9(15)6-11(12)16/h1-6H,17H2,(H,18,19). The molecule has 0 aliphatic carbocycles. The van der Waals surface area contributed by atoms with Crippen molar-refractivity contribution in [3.05, 3.63) is 55.8 Å². The Hall–Kier alpha value is -1.15. The van der Waals surface area contributed by atoms with E-state index in [9.17, 15) is 9.18 Å². The summed E-state index contributed by atoms with van der Waals surface area (Å²) in [7, 11) is 0. The molecule has 3 N–H and O–H groups in total. The lowest BCUT2D eigenvalue weighted by Crippen LogP contribution is -2.13. The number of rotatable bonds is 2. The average molecular weight is 435 g/mol. The molecule has 2 rings (SSSR count). The predicted molar refractivity (Wildman–Crippen MR) is 85.6 cm³/mol. The lowest BCUT2D eigenvalue weighted by molar-refractivity contribution is 0.102. The van der Waals surface area contributed by atoms with Crippen LogP contribution in [0.1, 0.15) is 10.4 Å². The number of hydrogen-bond acceptors (Lipinski definition) is 2. The van der Waals surface area contributed by atoms with Crippen LogP contribution in [0.4, 0.5) is 15.8 Å². The number of halogens is 3. The molecule has 2 aromatic carbocycles. The maximum atomic E-state index is 13.0. The molecule has 6 heteroatoms. The lowest BCUT2D eigenvalue weighted by Gasteiger charge is -2.08. The maximum Gasteiger partial charge on any atom is 0.255 e. The van der Waals surface area contributed by atoms with Gasteiger partial charge in [0.25, 0.3) is 5.91 Å². The number of amides is 1. The minimum Gasteiger partial charge on any atom is -0.399 e. The number of carbonyl (C=O) groups excluding carboxylic acids is 1. The smallest absolute Gasteiger partial charge is 0.255 e. The number of nitrogen functional groups attached to an aromatic ring is 1. The first kappa shape index (κ1) is 14.3. The molecule has 0 saturated carbocycles. The SMILES string of the molecule is Nc1cc(Br)cc(C(=O)Nc2ccc(F)cc2I)c1. The third-order valence-electron chi connectivity index (χ3n) is 2.36. The van der Waals surface area contributed by atoms with Gasteiger partial charge in [-0.05, 0) is 59.0 Å². The fourth-order valence-corrected chi connectivity index (χ4v) is 2.65. The predicted octanol–water partition coefficient (Wildman–Crippen LogP) is 4.03. The first-order valence-corrected chi connectivity index (χ1v) is 7.15. The summed E-state index contributed by atoms with van der Waals surface area (Å²) in [6, 6.07) is 9.13. The van der Waals surface area contributed by atoms with Crippen LogP contribution in [-0.2, 0) is 0 Å². The molecular weight excluding hydrogens is 426 g/mol. The number of nitrogens with two attached hydrogens (primary N) is 1. The van der Waals surface area contributed by atoms with E-state index in [1.54, 1.807) is 18.2 Å². The molecule has 98 valence electrons. The van der Waals surface area contributed by atoms with Gasteiger partial charge in [-0.2, -0.15) is 0 Å². The van der Waals surface area contributed by atoms with Gasteiger partial charge in [-0.1, -0.05) is 15.9 Å². The van der Waals surface area contributed by atoms with Crippen molar-refractivity contribution in [2.24, 2.45) is 0 Å². The highest BCUT2D eigenvalue weighted by atomic mass is 127. The van der Waals surface area contributed by atoms with Crippen LogP contribution < -0.4 is 11.1 Å². The van der Waals surface area contributed by atoms with Crippen LogP contribution in [-0.4, -0.2) is 5.91 Å². The average Bonchev–Trinajstić information content (AvgIpc) is 2.31. The van der Waals surface area contributed by atoms with Crippen LogP contribution in [0, 0.1) is 9.39 Å². The van der Waals surface area contributed by atoms with E-state index in [0.29, 0.717) is 20.5 Å². The second-order valence-corrected chi connectivity index (χ2v) is 5.93. The van der Waals surface area contributed by atoms with Crippen LogP contribution in [0.3, 0.4) is 0 Å². The van der Waals surface area contributed by atoms with Crippen LogP contribution in [0.2, 0.25) is 0 Å². The first-order chi connectivity index (χ1) is 8.95. The Bertz CT molecular complexity index is 628. The Balaban J connectivity index is 2.25. The van der Waals surface area contributed by atoms with Gasteiger partial charge in [0.05, 0.1) is 5.69 Å². The molecule has 0 unspecified atom stereocenters. The number of nitrogens with one attached hydrogen (secondary N) is 1. The normalized spacial score (nSPS) is 10.3. The van der Waals surface area contributed by atoms with Crippen molar-refractivity contribution in [2.45, 2.75) is 0 Å². The van der Waals surface area contributed by atoms with Gasteiger partial charge in [0.15, 0.2) is 0 Å². The molecule has 0 saturated heterocycles. The van der Waals surface area contributed by atoms with Crippen LogP contribution in [0.15, 0.2) is 40.9 Å². The van der Waals surface area contributed by atoms with Gasteiger partial charge in [-0.3, -0.25) is 4.79 Å². The molecule has 0 fully saturated rings. The summed E-state index contributed by atoms with van der Waals surface area (Å²) in [5.74, 6) is -0.633. The zero-order valence-corrected chi connectivity index (χ0v) is 13.3. The highest BCUT2D eigenvalue weighted by molar-refractivity contribution is 14.1. The van der Waals surface area contributed by atoms with Crippen LogP contribution in [0.25, 0.3) is 0 Å². The number of hydrogen-bond donors (Lipinski definition) is 2. The highest BCUT2D eigenvalue weighted by Crippen LogP contribution is 2.22. The van der Waals surface area contributed by atoms with Gasteiger partial charge in [0, 0.05) is 19.3 Å². The first-order valence-electron chi connectivity index (χ1n) is 5.28. The molecule has 0 bridgehead atoms. The Kier molecular flexibility index (Phi) is 4.41. The number of anilines is 2. The molecule has 0 spiro atoms. The fraction of sp³-hybridized carbons (Fsp3) is 0. The minimum absolute atomic E-state index is 0.294. The van der Waals surface area contributed by atoms with E-state index in [1.807, 2.05) is 22.6 Å². The molecular formula is C13H9BrFIN2O. The summed E-state index contributed by atoms with van der Waals surface area (Å²) >= 11 is 5.24. The molecule has 0 atom stereocenters. The third-order valence-corrected chi connectivity index (χ3v) is 3.71. The molecule has 0 aliphatic heterocycles. The van der Waals surface area contributed by atoms with Crippen molar-refractivity contribution < 1.29 is 9.18 Å². The van der Waals surface area contributed by atoms with Crippen molar-refractivity contribution in [2.75, 3.05) is 11.1 Å². The van der Waals surface area contributed by atoms with Crippen LogP contribution >= 0.6 is 38.5 Å². The summed E-state index contributed by atoms with van der Waals surface area (Å²) in [4.78, 5) is 12.1. The highest BCUT2D eigenvalue weighted by Gasteiger charge is 2.10. The second-order valence-electron chi connectivity index (χ2n) is 3.85. The van der Waals surface area contributed by atoms with Crippen molar-refractivity contribution in [3.63, 3.8) is 0 Å². The number of carbonyl (C=O) groups is 1. The van der Waals surface area contributed by atoms with E-state index in [0.717, 1.165) is 4.47 Å². The number of benzene rings is 2. The van der Waals surface area contributed by atoms with E-state index in [-0.39, 0.29) is 11.7 Å². The molecule has 0 aliphatic rings. The van der Waals surface area contributed by atoms with Crippen molar-refractivity contribution >= 4 is 55.8 Å². The van der Waals surface area contributed by atoms with Gasteiger partial charge in [-0.25, -0.2) is 4.39 Å². The molecule has 1 amide bonds. The molecule has 0 aromatic heterocycles. The Labute approximate surface area is 131 Å². The summed E-state index contributed by atoms with van der Waals surface area (Å²) in [5, 5.41) is 2.72. The van der Waals surface area contributed by atoms with Crippen LogP contribution in [0.5, 0.6) is 0 Å². The van der Waals surface area contributed by atoms with E-state index < -0.39 is 0 Å². The largest absolute Gasteiger partial charge is 0.399 e. The molecule has 2 aromatic rings. The summed E-state index contributed by atoms with van der Waals surface area (Å²) in [6.07, 6.45) is 0. The molecule has 3 nitrogen and oxygen atoms in total. The van der Waals surface area contributed by atoms with Gasteiger partial charge in [0.2, 0.25) is 0 Å². The van der Waals surface area contributed by atoms with Gasteiger partial charge >= 0.3 is 0 Å². The topological polar surface area (TPSA) is 55.1 Å². The second kappa shape index (κ2) is 5.87. The van der Waals surface area contributed by atoms with E-state index >= 15 is 0 Å².